The van der Waals surface area contributed by atoms with Crippen LogP contribution in [-0.2, 0) is 4.74 Å². The fourth-order valence-electron chi connectivity index (χ4n) is 2.60. The first-order chi connectivity index (χ1) is 8.11. The third-order valence-corrected chi connectivity index (χ3v) is 4.96. The minimum absolute atomic E-state index is 0.406. The number of hydrogen-bond donors (Lipinski definition) is 1. The lowest BCUT2D eigenvalue weighted by Crippen LogP contribution is -2.28. The number of ether oxygens (including phenoxy) is 1. The zero-order valence-electron chi connectivity index (χ0n) is 10.6. The van der Waals surface area contributed by atoms with Crippen LogP contribution in [0.3, 0.4) is 0 Å². The molecule has 3 unspecified atom stereocenters. The van der Waals surface area contributed by atoms with Crippen molar-refractivity contribution in [2.45, 2.75) is 39.3 Å². The van der Waals surface area contributed by atoms with E-state index >= 15 is 0 Å². The molecule has 0 saturated carbocycles. The number of thiophene rings is 1. The Labute approximate surface area is 116 Å². The van der Waals surface area contributed by atoms with E-state index in [9.17, 15) is 0 Å². The van der Waals surface area contributed by atoms with E-state index in [1.807, 2.05) is 11.3 Å². The highest BCUT2D eigenvalue weighted by Crippen LogP contribution is 2.37. The quantitative estimate of drug-likeness (QED) is 0.909. The zero-order chi connectivity index (χ0) is 12.4. The molecule has 1 aliphatic heterocycles. The molecular weight excluding hydrogens is 298 g/mol. The van der Waals surface area contributed by atoms with E-state index in [-0.39, 0.29) is 0 Å². The van der Waals surface area contributed by atoms with E-state index in [2.05, 4.69) is 48.1 Å². The van der Waals surface area contributed by atoms with Crippen molar-refractivity contribution in [3.05, 3.63) is 20.3 Å². The summed E-state index contributed by atoms with van der Waals surface area (Å²) in [5.74, 6) is 0.602. The lowest BCUT2D eigenvalue weighted by atomic mass is 9.91. The molecule has 0 aromatic carbocycles. The summed E-state index contributed by atoms with van der Waals surface area (Å²) < 4.78 is 6.93. The van der Waals surface area contributed by atoms with Gasteiger partial charge in [0.25, 0.3) is 0 Å². The Kier molecular flexibility index (Phi) is 4.64. The van der Waals surface area contributed by atoms with Crippen LogP contribution in [0.15, 0.2) is 9.85 Å². The van der Waals surface area contributed by atoms with Crippen molar-refractivity contribution >= 4 is 27.3 Å². The van der Waals surface area contributed by atoms with Gasteiger partial charge in [0.15, 0.2) is 0 Å². The summed E-state index contributed by atoms with van der Waals surface area (Å²) in [5, 5.41) is 3.62. The number of nitrogens with one attached hydrogen (secondary N) is 1. The van der Waals surface area contributed by atoms with Crippen LogP contribution in [0.4, 0.5) is 0 Å². The third kappa shape index (κ3) is 3.11. The smallest absolute Gasteiger partial charge is 0.0704 e. The fraction of sp³-hybridized carbons (Fsp3) is 0.692. The molecule has 1 aliphatic rings. The largest absolute Gasteiger partial charge is 0.378 e. The molecule has 4 heteroatoms. The molecule has 1 aromatic rings. The van der Waals surface area contributed by atoms with Crippen LogP contribution in [0, 0.1) is 12.8 Å². The van der Waals surface area contributed by atoms with E-state index in [4.69, 9.17) is 4.74 Å². The summed E-state index contributed by atoms with van der Waals surface area (Å²) in [6, 6.07) is 2.70. The van der Waals surface area contributed by atoms with Crippen LogP contribution in [0.2, 0.25) is 0 Å². The highest BCUT2D eigenvalue weighted by Gasteiger charge is 2.31. The molecule has 17 heavy (non-hydrogen) atoms. The predicted octanol–water partition coefficient (Wildman–Crippen LogP) is 3.89. The molecule has 96 valence electrons. The maximum atomic E-state index is 5.71. The molecule has 0 bridgehead atoms. The highest BCUT2D eigenvalue weighted by molar-refractivity contribution is 9.11. The second-order valence-electron chi connectivity index (χ2n) is 4.74. The van der Waals surface area contributed by atoms with Gasteiger partial charge in [-0.3, -0.25) is 0 Å². The average molecular weight is 318 g/mol. The monoisotopic (exact) mass is 317 g/mol. The number of hydrogen-bond acceptors (Lipinski definition) is 3. The Morgan fingerprint density at radius 2 is 2.41 bits per heavy atom. The van der Waals surface area contributed by atoms with Gasteiger partial charge < -0.3 is 10.1 Å². The number of halogens is 1. The van der Waals surface area contributed by atoms with Crippen molar-refractivity contribution in [1.29, 1.82) is 0 Å². The molecule has 3 atom stereocenters. The first-order valence-corrected chi connectivity index (χ1v) is 7.83. The lowest BCUT2D eigenvalue weighted by Gasteiger charge is -2.23. The first kappa shape index (κ1) is 13.5. The normalized spacial score (nSPS) is 26.4. The van der Waals surface area contributed by atoms with Gasteiger partial charge in [0.05, 0.1) is 16.5 Å². The summed E-state index contributed by atoms with van der Waals surface area (Å²) in [6.45, 7) is 8.42. The van der Waals surface area contributed by atoms with Gasteiger partial charge in [-0.25, -0.2) is 0 Å². The molecular formula is C13H20BrNOS. The lowest BCUT2D eigenvalue weighted by molar-refractivity contribution is 0.117. The third-order valence-electron chi connectivity index (χ3n) is 3.39. The Morgan fingerprint density at radius 3 is 2.88 bits per heavy atom. The molecule has 2 heterocycles. The van der Waals surface area contributed by atoms with Crippen molar-refractivity contribution in [2.24, 2.45) is 5.92 Å². The summed E-state index contributed by atoms with van der Waals surface area (Å²) >= 11 is 5.40. The summed E-state index contributed by atoms with van der Waals surface area (Å²) in [7, 11) is 0. The second kappa shape index (κ2) is 5.83. The van der Waals surface area contributed by atoms with Crippen molar-refractivity contribution < 1.29 is 4.74 Å². The Morgan fingerprint density at radius 1 is 1.65 bits per heavy atom. The summed E-state index contributed by atoms with van der Waals surface area (Å²) in [5.41, 5.74) is 1.44. The number of rotatable bonds is 4. The van der Waals surface area contributed by atoms with Crippen LogP contribution < -0.4 is 5.32 Å². The van der Waals surface area contributed by atoms with Gasteiger partial charge in [-0.05, 0) is 54.4 Å². The minimum atomic E-state index is 0.406. The zero-order valence-corrected chi connectivity index (χ0v) is 13.0. The maximum absolute atomic E-state index is 5.71. The summed E-state index contributed by atoms with van der Waals surface area (Å²) in [6.07, 6.45) is 1.56. The average Bonchev–Trinajstić information content (AvgIpc) is 2.82. The van der Waals surface area contributed by atoms with Crippen LogP contribution in [0.25, 0.3) is 0 Å². The first-order valence-electron chi connectivity index (χ1n) is 6.22. The van der Waals surface area contributed by atoms with Gasteiger partial charge in [-0.15, -0.1) is 11.3 Å². The van der Waals surface area contributed by atoms with Crippen molar-refractivity contribution in [1.82, 2.24) is 5.32 Å². The predicted molar refractivity (Wildman–Crippen MR) is 76.7 cm³/mol. The van der Waals surface area contributed by atoms with Crippen LogP contribution >= 0.6 is 27.3 Å². The van der Waals surface area contributed by atoms with Crippen molar-refractivity contribution in [2.75, 3.05) is 13.2 Å². The topological polar surface area (TPSA) is 21.3 Å². The van der Waals surface area contributed by atoms with Crippen LogP contribution in [0.5, 0.6) is 0 Å². The van der Waals surface area contributed by atoms with Crippen LogP contribution in [0.1, 0.15) is 36.8 Å². The second-order valence-corrected chi connectivity index (χ2v) is 7.37. The van der Waals surface area contributed by atoms with Crippen LogP contribution in [-0.4, -0.2) is 19.3 Å². The molecule has 1 fully saturated rings. The SMILES string of the molecule is CCNC(c1cc(Br)sc1C)C1COC(C)C1. The molecule has 0 amide bonds. The molecule has 0 spiro atoms. The molecule has 0 aliphatic carbocycles. The van der Waals surface area contributed by atoms with Gasteiger partial charge in [0, 0.05) is 16.8 Å². The van der Waals surface area contributed by atoms with E-state index < -0.39 is 0 Å². The molecule has 1 aromatic heterocycles. The van der Waals surface area contributed by atoms with Gasteiger partial charge >= 0.3 is 0 Å². The van der Waals surface area contributed by atoms with Crippen molar-refractivity contribution in [3.8, 4) is 0 Å². The molecule has 2 rings (SSSR count). The van der Waals surface area contributed by atoms with Gasteiger partial charge in [-0.1, -0.05) is 6.92 Å². The van der Waals surface area contributed by atoms with E-state index in [1.165, 1.54) is 14.2 Å². The molecule has 1 N–H and O–H groups in total. The van der Waals surface area contributed by atoms with E-state index in [1.54, 1.807) is 0 Å². The maximum Gasteiger partial charge on any atom is 0.0704 e. The Balaban J connectivity index is 2.19. The summed E-state index contributed by atoms with van der Waals surface area (Å²) in [4.78, 5) is 1.40. The standard InChI is InChI=1S/C13H20BrNOS/c1-4-15-13(10-5-8(2)16-7-10)11-6-12(14)17-9(11)3/h6,8,10,13,15H,4-5,7H2,1-3H3. The molecule has 0 radical (unpaired) electrons. The highest BCUT2D eigenvalue weighted by atomic mass is 79.9. The Bertz CT molecular complexity index is 379. The minimum Gasteiger partial charge on any atom is -0.378 e. The van der Waals surface area contributed by atoms with E-state index in [0.717, 1.165) is 19.6 Å². The van der Waals surface area contributed by atoms with Gasteiger partial charge in [0.1, 0.15) is 0 Å². The van der Waals surface area contributed by atoms with Gasteiger partial charge in [-0.2, -0.15) is 0 Å². The number of aryl methyl sites for hydroxylation is 1. The van der Waals surface area contributed by atoms with Gasteiger partial charge in [0.2, 0.25) is 0 Å². The van der Waals surface area contributed by atoms with Crippen molar-refractivity contribution in [3.63, 3.8) is 0 Å². The molecule has 1 saturated heterocycles. The fourth-order valence-corrected chi connectivity index (χ4v) is 4.36. The Hall–Kier alpha value is 0.1000. The van der Waals surface area contributed by atoms with E-state index in [0.29, 0.717) is 18.1 Å². The molecule has 2 nitrogen and oxygen atoms in total.